The molecule has 0 spiro atoms. The number of hydrogen-bond donors (Lipinski definition) is 2. The number of aromatic nitrogens is 1. The Morgan fingerprint density at radius 2 is 2.00 bits per heavy atom. The topological polar surface area (TPSA) is 76.6 Å². The van der Waals surface area contributed by atoms with Crippen molar-refractivity contribution in [2.75, 3.05) is 33.7 Å². The van der Waals surface area contributed by atoms with Gasteiger partial charge in [0, 0.05) is 25.0 Å². The van der Waals surface area contributed by atoms with Crippen LogP contribution in [0, 0.1) is 0 Å². The van der Waals surface area contributed by atoms with E-state index in [0.29, 0.717) is 18.8 Å². The first-order chi connectivity index (χ1) is 8.91. The smallest absolute Gasteiger partial charge is 0.244 e. The number of aromatic amines is 1. The first kappa shape index (κ1) is 16.2. The van der Waals surface area contributed by atoms with Crippen molar-refractivity contribution in [3.63, 3.8) is 0 Å². The minimum atomic E-state index is -3.47. The maximum atomic E-state index is 12.4. The van der Waals surface area contributed by atoms with Gasteiger partial charge in [-0.2, -0.15) is 4.31 Å². The molecule has 0 aliphatic carbocycles. The van der Waals surface area contributed by atoms with Crippen LogP contribution in [0.25, 0.3) is 0 Å². The molecule has 1 aromatic rings. The van der Waals surface area contributed by atoms with E-state index in [4.69, 9.17) is 5.11 Å². The fraction of sp³-hybridized carbons (Fsp3) is 0.667. The Labute approximate surface area is 115 Å². The third-order valence-electron chi connectivity index (χ3n) is 2.89. The molecule has 0 amide bonds. The number of aliphatic hydroxyl groups is 1. The number of aliphatic hydroxyl groups excluding tert-OH is 1. The maximum absolute atomic E-state index is 12.4. The molecule has 0 atom stereocenters. The fourth-order valence-corrected chi connectivity index (χ4v) is 3.33. The van der Waals surface area contributed by atoms with E-state index in [-0.39, 0.29) is 11.5 Å². The zero-order valence-electron chi connectivity index (χ0n) is 11.8. The van der Waals surface area contributed by atoms with Gasteiger partial charge in [-0.3, -0.25) is 0 Å². The maximum Gasteiger partial charge on any atom is 0.244 e. The molecule has 7 heteroatoms. The Bertz CT molecular complexity index is 482. The Morgan fingerprint density at radius 1 is 1.32 bits per heavy atom. The second-order valence-corrected chi connectivity index (χ2v) is 6.61. The summed E-state index contributed by atoms with van der Waals surface area (Å²) in [5, 5.41) is 8.97. The van der Waals surface area contributed by atoms with E-state index in [0.717, 1.165) is 13.0 Å². The first-order valence-electron chi connectivity index (χ1n) is 6.34. The average Bonchev–Trinajstić information content (AvgIpc) is 2.83. The highest BCUT2D eigenvalue weighted by atomic mass is 32.2. The molecule has 0 fully saturated rings. The summed E-state index contributed by atoms with van der Waals surface area (Å²) in [7, 11) is 0.460. The summed E-state index contributed by atoms with van der Waals surface area (Å²) >= 11 is 0. The number of rotatable bonds is 8. The minimum Gasteiger partial charge on any atom is -0.390 e. The van der Waals surface area contributed by atoms with Crippen molar-refractivity contribution < 1.29 is 13.5 Å². The number of hydrogen-bond acceptors (Lipinski definition) is 4. The normalized spacial score (nSPS) is 12.5. The Balaban J connectivity index is 2.77. The van der Waals surface area contributed by atoms with Gasteiger partial charge in [0.05, 0.1) is 11.5 Å². The second-order valence-electron chi connectivity index (χ2n) is 4.67. The van der Waals surface area contributed by atoms with Crippen molar-refractivity contribution in [2.24, 2.45) is 0 Å². The van der Waals surface area contributed by atoms with Gasteiger partial charge in [0.2, 0.25) is 10.0 Å². The van der Waals surface area contributed by atoms with Crippen LogP contribution in [0.3, 0.4) is 0 Å². The Hall–Kier alpha value is -0.890. The summed E-state index contributed by atoms with van der Waals surface area (Å²) in [6.45, 7) is 3.42. The van der Waals surface area contributed by atoms with Crippen LogP contribution in [0.15, 0.2) is 17.2 Å². The predicted molar refractivity (Wildman–Crippen MR) is 74.3 cm³/mol. The first-order valence-corrected chi connectivity index (χ1v) is 7.78. The van der Waals surface area contributed by atoms with Crippen LogP contribution >= 0.6 is 0 Å². The van der Waals surface area contributed by atoms with Gasteiger partial charge < -0.3 is 15.0 Å². The number of sulfonamides is 1. The summed E-state index contributed by atoms with van der Waals surface area (Å²) in [4.78, 5) is 4.99. The molecule has 1 aromatic heterocycles. The minimum absolute atomic E-state index is 0.192. The molecular weight excluding hydrogens is 266 g/mol. The summed E-state index contributed by atoms with van der Waals surface area (Å²) < 4.78 is 26.2. The van der Waals surface area contributed by atoms with Crippen LogP contribution in [-0.2, 0) is 16.6 Å². The lowest BCUT2D eigenvalue weighted by Crippen LogP contribution is -2.33. The highest BCUT2D eigenvalue weighted by Gasteiger charge is 2.23. The van der Waals surface area contributed by atoms with E-state index < -0.39 is 10.0 Å². The van der Waals surface area contributed by atoms with Crippen LogP contribution in [0.5, 0.6) is 0 Å². The molecule has 19 heavy (non-hydrogen) atoms. The molecule has 110 valence electrons. The molecule has 0 bridgehead atoms. The molecule has 1 rings (SSSR count). The van der Waals surface area contributed by atoms with Crippen LogP contribution in [0.4, 0.5) is 0 Å². The molecule has 0 saturated heterocycles. The van der Waals surface area contributed by atoms with E-state index in [1.54, 1.807) is 0 Å². The van der Waals surface area contributed by atoms with E-state index in [9.17, 15) is 8.42 Å². The van der Waals surface area contributed by atoms with Gasteiger partial charge >= 0.3 is 0 Å². The van der Waals surface area contributed by atoms with Crippen LogP contribution in [-0.4, -0.2) is 61.4 Å². The molecule has 0 unspecified atom stereocenters. The molecule has 0 radical (unpaired) electrons. The lowest BCUT2D eigenvalue weighted by molar-refractivity contribution is 0.277. The summed E-state index contributed by atoms with van der Waals surface area (Å²) in [5.41, 5.74) is 0.503. The molecule has 0 saturated carbocycles. The van der Waals surface area contributed by atoms with E-state index >= 15 is 0 Å². The van der Waals surface area contributed by atoms with E-state index in [1.807, 2.05) is 25.9 Å². The van der Waals surface area contributed by atoms with Gasteiger partial charge in [-0.1, -0.05) is 6.92 Å². The van der Waals surface area contributed by atoms with Crippen molar-refractivity contribution in [2.45, 2.75) is 24.8 Å². The predicted octanol–water partition coefficient (Wildman–Crippen LogP) is 0.469. The highest BCUT2D eigenvalue weighted by molar-refractivity contribution is 7.89. The quantitative estimate of drug-likeness (QED) is 0.729. The molecule has 1 heterocycles. The number of H-pyrrole nitrogens is 1. The standard InChI is InChI=1S/C12H23N3O3S/c1-4-15(7-5-6-14(2)3)19(17,18)12-8-11(10-16)13-9-12/h8-9,13,16H,4-7,10H2,1-3H3. The number of nitrogens with one attached hydrogen (secondary N) is 1. The van der Waals surface area contributed by atoms with Gasteiger partial charge in [0.1, 0.15) is 0 Å². The zero-order valence-corrected chi connectivity index (χ0v) is 12.6. The van der Waals surface area contributed by atoms with Crippen molar-refractivity contribution in [1.82, 2.24) is 14.2 Å². The fourth-order valence-electron chi connectivity index (χ4n) is 1.82. The lowest BCUT2D eigenvalue weighted by Gasteiger charge is -2.20. The van der Waals surface area contributed by atoms with Gasteiger partial charge in [0.25, 0.3) is 0 Å². The number of nitrogens with zero attached hydrogens (tertiary/aromatic N) is 2. The average molecular weight is 289 g/mol. The molecule has 2 N–H and O–H groups in total. The van der Waals surface area contributed by atoms with Crippen LogP contribution in [0.1, 0.15) is 19.0 Å². The van der Waals surface area contributed by atoms with Crippen molar-refractivity contribution in [3.05, 3.63) is 18.0 Å². The van der Waals surface area contributed by atoms with Crippen LogP contribution < -0.4 is 0 Å². The molecule has 0 aliphatic rings. The Morgan fingerprint density at radius 3 is 2.47 bits per heavy atom. The van der Waals surface area contributed by atoms with E-state index in [1.165, 1.54) is 16.6 Å². The molecule has 0 aromatic carbocycles. The lowest BCUT2D eigenvalue weighted by atomic mass is 10.4. The van der Waals surface area contributed by atoms with Gasteiger partial charge in [0.15, 0.2) is 0 Å². The second kappa shape index (κ2) is 7.04. The third kappa shape index (κ3) is 4.31. The monoisotopic (exact) mass is 289 g/mol. The highest BCUT2D eigenvalue weighted by Crippen LogP contribution is 2.17. The van der Waals surface area contributed by atoms with Gasteiger partial charge in [-0.15, -0.1) is 0 Å². The van der Waals surface area contributed by atoms with Gasteiger partial charge in [-0.05, 0) is 33.1 Å². The largest absolute Gasteiger partial charge is 0.390 e. The molecule has 6 nitrogen and oxygen atoms in total. The van der Waals surface area contributed by atoms with Crippen LogP contribution in [0.2, 0.25) is 0 Å². The summed E-state index contributed by atoms with van der Waals surface area (Å²) in [6.07, 6.45) is 2.22. The van der Waals surface area contributed by atoms with E-state index in [2.05, 4.69) is 4.98 Å². The SMILES string of the molecule is CCN(CCCN(C)C)S(=O)(=O)c1c[nH]c(CO)c1. The van der Waals surface area contributed by atoms with Crippen molar-refractivity contribution >= 4 is 10.0 Å². The molecule has 0 aliphatic heterocycles. The summed E-state index contributed by atoms with van der Waals surface area (Å²) in [5.74, 6) is 0. The Kier molecular flexibility index (Phi) is 5.99. The van der Waals surface area contributed by atoms with Crippen molar-refractivity contribution in [3.8, 4) is 0 Å². The third-order valence-corrected chi connectivity index (χ3v) is 4.84. The summed E-state index contributed by atoms with van der Waals surface area (Å²) in [6, 6.07) is 1.48. The molecular formula is C12H23N3O3S. The van der Waals surface area contributed by atoms with Gasteiger partial charge in [-0.25, -0.2) is 8.42 Å². The zero-order chi connectivity index (χ0) is 14.5. The van der Waals surface area contributed by atoms with Crippen molar-refractivity contribution in [1.29, 1.82) is 0 Å².